The number of aromatic nitrogens is 2. The SMILES string of the molecule is C=CCN(CCNN1NOC=C1c1noc(=O)n1-c1ccc(F)c(Br)c1)S(=O)(=O)N(CC=C)C(=O)O. The Balaban J connectivity index is 1.77. The summed E-state index contributed by atoms with van der Waals surface area (Å²) in [5.74, 6) is -1.41. The second-order valence-electron chi connectivity index (χ2n) is 6.92. The summed E-state index contributed by atoms with van der Waals surface area (Å²) in [6.07, 6.45) is 2.00. The van der Waals surface area contributed by atoms with Crippen molar-refractivity contribution in [3.8, 4) is 5.69 Å². The summed E-state index contributed by atoms with van der Waals surface area (Å²) in [6, 6.07) is 3.85. The van der Waals surface area contributed by atoms with Crippen molar-refractivity contribution in [2.45, 2.75) is 0 Å². The number of hydrazine groups is 2. The lowest BCUT2D eigenvalue weighted by atomic mass is 10.3. The molecule has 1 aromatic heterocycles. The number of carboxylic acid groups (broad SMARTS) is 1. The first-order valence-electron chi connectivity index (χ1n) is 10.0. The molecule has 0 spiro atoms. The molecule has 194 valence electrons. The zero-order chi connectivity index (χ0) is 26.5. The summed E-state index contributed by atoms with van der Waals surface area (Å²) in [7, 11) is -4.40. The highest BCUT2D eigenvalue weighted by Crippen LogP contribution is 2.23. The number of benzene rings is 1. The lowest BCUT2D eigenvalue weighted by Gasteiger charge is -2.28. The van der Waals surface area contributed by atoms with Crippen molar-refractivity contribution in [3.63, 3.8) is 0 Å². The third-order valence-corrected chi connectivity index (χ3v) is 7.08. The van der Waals surface area contributed by atoms with E-state index in [4.69, 9.17) is 9.36 Å². The monoisotopic (exact) mass is 589 g/mol. The minimum Gasteiger partial charge on any atom is -0.464 e. The summed E-state index contributed by atoms with van der Waals surface area (Å²) >= 11 is 3.06. The van der Waals surface area contributed by atoms with Gasteiger partial charge in [0.05, 0.1) is 16.7 Å². The smallest absolute Gasteiger partial charge is 0.446 e. The molecule has 1 aliphatic heterocycles. The molecule has 0 atom stereocenters. The third kappa shape index (κ3) is 5.65. The number of hydrogen-bond donors (Lipinski definition) is 3. The summed E-state index contributed by atoms with van der Waals surface area (Å²) in [4.78, 5) is 28.8. The number of carbonyl (C=O) groups is 1. The molecule has 0 fully saturated rings. The van der Waals surface area contributed by atoms with Crippen molar-refractivity contribution in [1.82, 2.24) is 34.5 Å². The normalized spacial score (nSPS) is 13.4. The van der Waals surface area contributed by atoms with Crippen molar-refractivity contribution < 1.29 is 32.1 Å². The Kier molecular flexibility index (Phi) is 8.64. The fourth-order valence-corrected chi connectivity index (χ4v) is 4.78. The lowest BCUT2D eigenvalue weighted by Crippen LogP contribution is -2.50. The second-order valence-corrected chi connectivity index (χ2v) is 9.63. The Bertz CT molecular complexity index is 1340. The molecule has 36 heavy (non-hydrogen) atoms. The van der Waals surface area contributed by atoms with E-state index in [1.165, 1.54) is 29.6 Å². The standard InChI is InChI=1S/C19H21BrFN7O7S/c1-3-8-25(36(32,33)26(9-4-2)18(29)30)10-7-22-28-16(12-34-24-28)17-23-35-19(31)27(17)13-5-6-15(21)14(20)11-13/h3-6,11-12,22,24H,1-2,7-10H2,(H,29,30). The van der Waals surface area contributed by atoms with Crippen molar-refractivity contribution in [2.24, 2.45) is 0 Å². The van der Waals surface area contributed by atoms with Gasteiger partial charge in [-0.2, -0.15) is 17.0 Å². The molecular weight excluding hydrogens is 569 g/mol. The van der Waals surface area contributed by atoms with Gasteiger partial charge < -0.3 is 9.94 Å². The van der Waals surface area contributed by atoms with Gasteiger partial charge in [0.2, 0.25) is 5.82 Å². The quantitative estimate of drug-likeness (QED) is 0.305. The molecule has 0 saturated carbocycles. The summed E-state index contributed by atoms with van der Waals surface area (Å²) in [6.45, 7) is 6.06. The first-order chi connectivity index (χ1) is 17.1. The first-order valence-corrected chi connectivity index (χ1v) is 12.2. The molecule has 17 heteroatoms. The zero-order valence-corrected chi connectivity index (χ0v) is 20.9. The van der Waals surface area contributed by atoms with Crippen molar-refractivity contribution >= 4 is 37.9 Å². The molecule has 1 amide bonds. The van der Waals surface area contributed by atoms with E-state index in [2.05, 4.69) is 45.3 Å². The maximum atomic E-state index is 13.7. The van der Waals surface area contributed by atoms with Gasteiger partial charge >= 0.3 is 22.1 Å². The van der Waals surface area contributed by atoms with Crippen molar-refractivity contribution in [2.75, 3.05) is 26.2 Å². The Hall–Kier alpha value is -3.51. The van der Waals surface area contributed by atoms with E-state index in [-0.39, 0.29) is 45.6 Å². The molecule has 1 aliphatic rings. The van der Waals surface area contributed by atoms with Crippen LogP contribution in [0.4, 0.5) is 9.18 Å². The van der Waals surface area contributed by atoms with Gasteiger partial charge in [-0.1, -0.05) is 22.9 Å². The minimum atomic E-state index is -4.40. The number of nitrogens with zero attached hydrogens (tertiary/aromatic N) is 5. The first kappa shape index (κ1) is 27.1. The van der Waals surface area contributed by atoms with Crippen LogP contribution in [0.25, 0.3) is 11.4 Å². The zero-order valence-electron chi connectivity index (χ0n) is 18.5. The van der Waals surface area contributed by atoms with Crippen LogP contribution < -0.4 is 16.8 Å². The molecule has 0 radical (unpaired) electrons. The van der Waals surface area contributed by atoms with Gasteiger partial charge in [-0.05, 0) is 34.1 Å². The third-order valence-electron chi connectivity index (χ3n) is 4.63. The Morgan fingerprint density at radius 3 is 2.69 bits per heavy atom. The van der Waals surface area contributed by atoms with Crippen LogP contribution in [0.15, 0.2) is 63.6 Å². The van der Waals surface area contributed by atoms with Crippen molar-refractivity contribution in [3.05, 3.63) is 76.4 Å². The van der Waals surface area contributed by atoms with Crippen LogP contribution in [-0.4, -0.2) is 69.2 Å². The molecule has 0 aliphatic carbocycles. The fourth-order valence-electron chi connectivity index (χ4n) is 3.03. The van der Waals surface area contributed by atoms with Crippen LogP contribution in [0.3, 0.4) is 0 Å². The molecular formula is C19H21BrFN7O7S. The summed E-state index contributed by atoms with van der Waals surface area (Å²) < 4.78 is 46.4. The van der Waals surface area contributed by atoms with Gasteiger partial charge in [-0.25, -0.2) is 29.1 Å². The van der Waals surface area contributed by atoms with E-state index in [9.17, 15) is 27.5 Å². The number of amides is 1. The van der Waals surface area contributed by atoms with Gasteiger partial charge in [-0.15, -0.1) is 13.2 Å². The van der Waals surface area contributed by atoms with E-state index < -0.39 is 34.4 Å². The molecule has 2 aromatic rings. The maximum Gasteiger partial charge on any atom is 0.446 e. The predicted octanol–water partition coefficient (Wildman–Crippen LogP) is 1.18. The molecule has 1 aromatic carbocycles. The molecule has 3 N–H and O–H groups in total. The molecule has 2 heterocycles. The molecule has 14 nitrogen and oxygen atoms in total. The summed E-state index contributed by atoms with van der Waals surface area (Å²) in [5.41, 5.74) is 5.72. The Labute approximate surface area is 212 Å². The van der Waals surface area contributed by atoms with E-state index in [1.807, 2.05) is 0 Å². The predicted molar refractivity (Wildman–Crippen MR) is 127 cm³/mol. The maximum absolute atomic E-state index is 13.7. The Morgan fingerprint density at radius 2 is 2.06 bits per heavy atom. The van der Waals surface area contributed by atoms with Crippen LogP contribution in [0, 0.1) is 5.82 Å². The van der Waals surface area contributed by atoms with E-state index in [1.54, 1.807) is 0 Å². The highest BCUT2D eigenvalue weighted by molar-refractivity contribution is 9.10. The Morgan fingerprint density at radius 1 is 1.33 bits per heavy atom. The van der Waals surface area contributed by atoms with Gasteiger partial charge in [0.25, 0.3) is 0 Å². The number of hydrogen-bond acceptors (Lipinski definition) is 10. The number of halogens is 2. The average molecular weight is 590 g/mol. The summed E-state index contributed by atoms with van der Waals surface area (Å²) in [5, 5.41) is 14.2. The van der Waals surface area contributed by atoms with Crippen LogP contribution in [-0.2, 0) is 15.0 Å². The molecule has 0 saturated heterocycles. The van der Waals surface area contributed by atoms with Crippen LogP contribution >= 0.6 is 15.9 Å². The highest BCUT2D eigenvalue weighted by atomic mass is 79.9. The minimum absolute atomic E-state index is 0.0189. The van der Waals surface area contributed by atoms with Gasteiger partial charge in [0.15, 0.2) is 5.70 Å². The lowest BCUT2D eigenvalue weighted by molar-refractivity contribution is 0.00853. The second kappa shape index (κ2) is 11.5. The van der Waals surface area contributed by atoms with Gasteiger partial charge in [-0.3, -0.25) is 4.52 Å². The van der Waals surface area contributed by atoms with E-state index in [0.717, 1.165) is 21.0 Å². The van der Waals surface area contributed by atoms with E-state index in [0.29, 0.717) is 0 Å². The average Bonchev–Trinajstić information content (AvgIpc) is 3.44. The van der Waals surface area contributed by atoms with Crippen LogP contribution in [0.1, 0.15) is 5.82 Å². The number of nitrogens with one attached hydrogen (secondary N) is 2. The topological polar surface area (TPSA) is 162 Å². The van der Waals surface area contributed by atoms with E-state index >= 15 is 0 Å². The highest BCUT2D eigenvalue weighted by Gasteiger charge is 2.32. The van der Waals surface area contributed by atoms with Gasteiger partial charge in [0, 0.05) is 19.6 Å². The largest absolute Gasteiger partial charge is 0.464 e. The van der Waals surface area contributed by atoms with Gasteiger partial charge in [0.1, 0.15) is 12.1 Å². The number of rotatable bonds is 12. The molecule has 0 bridgehead atoms. The van der Waals surface area contributed by atoms with Crippen LogP contribution in [0.5, 0.6) is 0 Å². The fraction of sp³-hybridized carbons (Fsp3) is 0.211. The molecule has 0 unspecified atom stereocenters. The van der Waals surface area contributed by atoms with Crippen molar-refractivity contribution in [1.29, 1.82) is 0 Å². The molecule has 3 rings (SSSR count). The van der Waals surface area contributed by atoms with Crippen LogP contribution in [0.2, 0.25) is 0 Å².